The van der Waals surface area contributed by atoms with E-state index in [1.807, 2.05) is 0 Å². The second kappa shape index (κ2) is 8.84. The van der Waals surface area contributed by atoms with E-state index < -0.39 is 17.3 Å². The number of methoxy groups -OCH3 is 1. The molecule has 1 aliphatic heterocycles. The summed E-state index contributed by atoms with van der Waals surface area (Å²) in [4.78, 5) is 36.4. The van der Waals surface area contributed by atoms with Gasteiger partial charge in [0.1, 0.15) is 17.6 Å². The third-order valence-corrected chi connectivity index (χ3v) is 6.41. The highest BCUT2D eigenvalue weighted by Crippen LogP contribution is 2.48. The molecule has 8 nitrogen and oxygen atoms in total. The number of carbonyl (C=O) groups is 2. The van der Waals surface area contributed by atoms with Crippen LogP contribution in [-0.4, -0.2) is 47.7 Å². The van der Waals surface area contributed by atoms with E-state index in [0.717, 1.165) is 6.42 Å². The number of hydrogen-bond donors (Lipinski definition) is 1. The summed E-state index contributed by atoms with van der Waals surface area (Å²) in [7, 11) is 1.51. The van der Waals surface area contributed by atoms with Crippen LogP contribution in [0.1, 0.15) is 35.2 Å². The van der Waals surface area contributed by atoms with Gasteiger partial charge in [0, 0.05) is 19.3 Å². The van der Waals surface area contributed by atoms with Gasteiger partial charge in [0.25, 0.3) is 17.6 Å². The number of aryl methyl sites for hydroxylation is 1. The molecule has 170 valence electrons. The van der Waals surface area contributed by atoms with Crippen molar-refractivity contribution in [3.05, 3.63) is 58.8 Å². The molecule has 1 aromatic heterocycles. The van der Waals surface area contributed by atoms with Gasteiger partial charge in [0.05, 0.1) is 17.9 Å². The van der Waals surface area contributed by atoms with Crippen molar-refractivity contribution in [1.29, 1.82) is 0 Å². The van der Waals surface area contributed by atoms with Gasteiger partial charge in [-0.05, 0) is 68.2 Å². The van der Waals surface area contributed by atoms with E-state index in [2.05, 4.69) is 15.1 Å². The lowest BCUT2D eigenvalue weighted by molar-refractivity contribution is -0.123. The summed E-state index contributed by atoms with van der Waals surface area (Å²) >= 11 is 5.68. The normalized spacial score (nSPS) is 16.7. The highest BCUT2D eigenvalue weighted by molar-refractivity contribution is 7.81. The number of nitrogens with zero attached hydrogens (tertiary/aromatic N) is 4. The van der Waals surface area contributed by atoms with E-state index in [1.165, 1.54) is 30.3 Å². The second-order valence-electron chi connectivity index (χ2n) is 8.00. The summed E-state index contributed by atoms with van der Waals surface area (Å²) in [6.45, 7) is 9.51. The fourth-order valence-electron chi connectivity index (χ4n) is 4.19. The van der Waals surface area contributed by atoms with Crippen LogP contribution in [-0.2, 0) is 9.53 Å². The molecule has 1 aliphatic carbocycles. The molecular weight excluding hydrogens is 445 g/mol. The maximum atomic E-state index is 14.9. The zero-order valence-corrected chi connectivity index (χ0v) is 19.0. The molecule has 10 heteroatoms. The summed E-state index contributed by atoms with van der Waals surface area (Å²) in [6.07, 6.45) is 3.45. The second-order valence-corrected chi connectivity index (χ2v) is 8.37. The van der Waals surface area contributed by atoms with Crippen LogP contribution >= 0.6 is 12.2 Å². The summed E-state index contributed by atoms with van der Waals surface area (Å²) < 4.78 is 19.8. The largest absolute Gasteiger partial charge is 0.383 e. The molecule has 1 spiro atoms. The van der Waals surface area contributed by atoms with Crippen molar-refractivity contribution < 1.29 is 18.7 Å². The third kappa shape index (κ3) is 3.73. The Balaban J connectivity index is 1.68. The first-order valence-corrected chi connectivity index (χ1v) is 10.8. The number of pyridine rings is 1. The van der Waals surface area contributed by atoms with Crippen molar-refractivity contribution in [2.24, 2.45) is 0 Å². The number of halogens is 1. The molecule has 4 rings (SSSR count). The van der Waals surface area contributed by atoms with Crippen LogP contribution in [0, 0.1) is 19.3 Å². The first kappa shape index (κ1) is 22.8. The van der Waals surface area contributed by atoms with E-state index in [-0.39, 0.29) is 28.9 Å². The van der Waals surface area contributed by atoms with Gasteiger partial charge in [-0.2, -0.15) is 0 Å². The predicted molar refractivity (Wildman–Crippen MR) is 125 cm³/mol. The highest BCUT2D eigenvalue weighted by atomic mass is 32.1. The number of benzene rings is 1. The van der Waals surface area contributed by atoms with Gasteiger partial charge < -0.3 is 19.8 Å². The number of rotatable bonds is 6. The smallest absolute Gasteiger partial charge is 0.272 e. The first-order valence-electron chi connectivity index (χ1n) is 10.4. The maximum Gasteiger partial charge on any atom is 0.272 e. The summed E-state index contributed by atoms with van der Waals surface area (Å²) in [5.74, 6) is -1.19. The highest BCUT2D eigenvalue weighted by Gasteiger charge is 2.59. The average molecular weight is 468 g/mol. The molecular formula is C23H22FN5O3S. The Morgan fingerprint density at radius 3 is 2.70 bits per heavy atom. The molecule has 33 heavy (non-hydrogen) atoms. The van der Waals surface area contributed by atoms with Crippen LogP contribution in [0.3, 0.4) is 0 Å². The minimum Gasteiger partial charge on any atom is -0.383 e. The molecule has 1 saturated heterocycles. The molecule has 0 unspecified atom stereocenters. The van der Waals surface area contributed by atoms with E-state index in [4.69, 9.17) is 23.5 Å². The quantitative estimate of drug-likeness (QED) is 0.398. The van der Waals surface area contributed by atoms with Gasteiger partial charge in [-0.1, -0.05) is 6.57 Å². The molecule has 2 amide bonds. The fraction of sp³-hybridized carbons (Fsp3) is 0.348. The minimum absolute atomic E-state index is 0.0969. The number of aromatic nitrogens is 1. The number of ether oxygens (including phenoxy) is 1. The Bertz CT molecular complexity index is 1190. The van der Waals surface area contributed by atoms with Crippen molar-refractivity contribution in [3.8, 4) is 0 Å². The van der Waals surface area contributed by atoms with E-state index in [0.29, 0.717) is 36.4 Å². The third-order valence-electron chi connectivity index (χ3n) is 6.04. The van der Waals surface area contributed by atoms with Crippen molar-refractivity contribution in [3.63, 3.8) is 0 Å². The van der Waals surface area contributed by atoms with Crippen LogP contribution in [0.5, 0.6) is 0 Å². The Kier molecular flexibility index (Phi) is 6.10. The molecule has 1 aromatic carbocycles. The lowest BCUT2D eigenvalue weighted by atomic mass is 9.75. The first-order chi connectivity index (χ1) is 15.8. The number of amides is 2. The molecule has 0 bridgehead atoms. The van der Waals surface area contributed by atoms with Gasteiger partial charge in [0.15, 0.2) is 5.11 Å². The Labute approximate surface area is 196 Å². The molecule has 1 N–H and O–H groups in total. The SMILES string of the molecule is [C-]#[N+]c1ncc(N2C(=O)C3(CCC3)N(c3ccc(C(=O)NCCOC)c(F)c3)C2=S)cc1C. The molecule has 0 radical (unpaired) electrons. The number of nitrogens with one attached hydrogen (secondary N) is 1. The topological polar surface area (TPSA) is 79.1 Å². The van der Waals surface area contributed by atoms with Crippen LogP contribution in [0.4, 0.5) is 21.6 Å². The van der Waals surface area contributed by atoms with Crippen LogP contribution in [0.25, 0.3) is 4.85 Å². The van der Waals surface area contributed by atoms with E-state index in [1.54, 1.807) is 24.0 Å². The van der Waals surface area contributed by atoms with Crippen molar-refractivity contribution in [2.45, 2.75) is 31.7 Å². The van der Waals surface area contributed by atoms with E-state index >= 15 is 0 Å². The summed E-state index contributed by atoms with van der Waals surface area (Å²) in [6, 6.07) is 5.93. The van der Waals surface area contributed by atoms with Crippen LogP contribution in [0.2, 0.25) is 0 Å². The molecule has 2 aliphatic rings. The monoisotopic (exact) mass is 467 g/mol. The van der Waals surface area contributed by atoms with Gasteiger partial charge >= 0.3 is 0 Å². The number of hydrogen-bond acceptors (Lipinski definition) is 5. The molecule has 2 fully saturated rings. The van der Waals surface area contributed by atoms with E-state index in [9.17, 15) is 14.0 Å². The van der Waals surface area contributed by atoms with Crippen molar-refractivity contribution >= 4 is 46.3 Å². The summed E-state index contributed by atoms with van der Waals surface area (Å²) in [5.41, 5.74) is 0.523. The lowest BCUT2D eigenvalue weighted by Gasteiger charge is -2.43. The van der Waals surface area contributed by atoms with Gasteiger partial charge in [-0.15, -0.1) is 4.98 Å². The molecule has 1 saturated carbocycles. The van der Waals surface area contributed by atoms with Crippen molar-refractivity contribution in [1.82, 2.24) is 10.3 Å². The Morgan fingerprint density at radius 2 is 2.12 bits per heavy atom. The van der Waals surface area contributed by atoms with Gasteiger partial charge in [-0.3, -0.25) is 14.5 Å². The zero-order chi connectivity index (χ0) is 23.8. The standard InChI is InChI=1S/C23H22FN5O3S/c1-14-11-16(13-27-19(14)25-2)28-21(31)23(7-4-8-23)29(22(28)33)15-5-6-17(18(24)12-15)20(30)26-9-10-32-3/h5-6,11-13H,4,7-10H2,1,3H3,(H,26,30). The lowest BCUT2D eigenvalue weighted by Crippen LogP contribution is -2.55. The average Bonchev–Trinajstić information content (AvgIpc) is 3.00. The zero-order valence-electron chi connectivity index (χ0n) is 18.2. The van der Waals surface area contributed by atoms with Gasteiger partial charge in [0.2, 0.25) is 0 Å². The number of anilines is 2. The fourth-order valence-corrected chi connectivity index (χ4v) is 4.66. The minimum atomic E-state index is -0.891. The Morgan fingerprint density at radius 1 is 1.36 bits per heavy atom. The summed E-state index contributed by atoms with van der Waals surface area (Å²) in [5, 5.41) is 2.81. The van der Waals surface area contributed by atoms with Crippen molar-refractivity contribution in [2.75, 3.05) is 30.1 Å². The Hall–Kier alpha value is -3.42. The molecule has 2 aromatic rings. The molecule has 2 heterocycles. The predicted octanol–water partition coefficient (Wildman–Crippen LogP) is 3.52. The number of thiocarbonyl (C=S) groups is 1. The van der Waals surface area contributed by atoms with Crippen LogP contribution in [0.15, 0.2) is 30.5 Å². The number of carbonyl (C=O) groups excluding carboxylic acids is 2. The van der Waals surface area contributed by atoms with Gasteiger partial charge in [-0.25, -0.2) is 4.39 Å². The van der Waals surface area contributed by atoms with Crippen LogP contribution < -0.4 is 15.1 Å². The maximum absolute atomic E-state index is 14.9. The molecule has 0 atom stereocenters.